The van der Waals surface area contributed by atoms with E-state index in [9.17, 15) is 14.0 Å². The molecule has 1 fully saturated rings. The lowest BCUT2D eigenvalue weighted by atomic mass is 10.00. The molecule has 0 bridgehead atoms. The maximum Gasteiger partial charge on any atom is 0.254 e. The van der Waals surface area contributed by atoms with E-state index in [4.69, 9.17) is 0 Å². The molecule has 148 valence electrons. The summed E-state index contributed by atoms with van der Waals surface area (Å²) in [4.78, 5) is 26.4. The van der Waals surface area contributed by atoms with Crippen LogP contribution in [0.5, 0.6) is 0 Å². The normalized spacial score (nSPS) is 17.1. The van der Waals surface area contributed by atoms with Crippen LogP contribution < -0.4 is 10.6 Å². The second-order valence-corrected chi connectivity index (χ2v) is 7.39. The maximum absolute atomic E-state index is 13.6. The molecule has 0 spiro atoms. The Kier molecular flexibility index (Phi) is 6.76. The number of carbonyl (C=O) groups excluding carboxylic acids is 2. The summed E-state index contributed by atoms with van der Waals surface area (Å²) in [6, 6.07) is 13.4. The molecule has 0 saturated carbocycles. The monoisotopic (exact) mass is 383 g/mol. The van der Waals surface area contributed by atoms with Gasteiger partial charge in [0.1, 0.15) is 5.82 Å². The third-order valence-corrected chi connectivity index (χ3v) is 4.91. The average Bonchev–Trinajstić information content (AvgIpc) is 2.68. The van der Waals surface area contributed by atoms with Crippen molar-refractivity contribution in [2.24, 2.45) is 5.92 Å². The largest absolute Gasteiger partial charge is 0.343 e. The Hall–Kier alpha value is -2.73. The van der Waals surface area contributed by atoms with Gasteiger partial charge in [-0.05, 0) is 55.1 Å². The molecular weight excluding hydrogens is 357 g/mol. The van der Waals surface area contributed by atoms with Crippen LogP contribution in [0.15, 0.2) is 48.5 Å². The average molecular weight is 383 g/mol. The Balaban J connectivity index is 1.46. The molecule has 1 unspecified atom stereocenters. The zero-order valence-electron chi connectivity index (χ0n) is 16.1. The van der Waals surface area contributed by atoms with E-state index in [1.807, 2.05) is 24.3 Å². The summed E-state index contributed by atoms with van der Waals surface area (Å²) in [5, 5.41) is 5.17. The Morgan fingerprint density at radius 3 is 2.61 bits per heavy atom. The first-order chi connectivity index (χ1) is 13.5. The Labute approximate surface area is 164 Å². The van der Waals surface area contributed by atoms with Gasteiger partial charge >= 0.3 is 0 Å². The SMILES string of the molecule is CC1CCCN(Cc2ccc(NC(=O)CNC(=O)c3ccccc3F)cc2)C1. The van der Waals surface area contributed by atoms with Crippen molar-refractivity contribution in [1.82, 2.24) is 10.2 Å². The van der Waals surface area contributed by atoms with Crippen molar-refractivity contribution >= 4 is 17.5 Å². The van der Waals surface area contributed by atoms with E-state index >= 15 is 0 Å². The second-order valence-electron chi connectivity index (χ2n) is 7.39. The van der Waals surface area contributed by atoms with Crippen molar-refractivity contribution in [3.63, 3.8) is 0 Å². The first kappa shape index (κ1) is 20.0. The third-order valence-electron chi connectivity index (χ3n) is 4.91. The molecule has 2 aromatic rings. The molecule has 1 aliphatic rings. The van der Waals surface area contributed by atoms with Gasteiger partial charge in [0.05, 0.1) is 12.1 Å². The van der Waals surface area contributed by atoms with Crippen molar-refractivity contribution in [3.05, 3.63) is 65.5 Å². The molecule has 0 aromatic heterocycles. The molecule has 3 rings (SSSR count). The fraction of sp³-hybridized carbons (Fsp3) is 0.364. The highest BCUT2D eigenvalue weighted by Gasteiger charge is 2.16. The highest BCUT2D eigenvalue weighted by atomic mass is 19.1. The number of nitrogens with one attached hydrogen (secondary N) is 2. The van der Waals surface area contributed by atoms with Crippen LogP contribution in [-0.4, -0.2) is 36.3 Å². The predicted molar refractivity (Wildman–Crippen MR) is 107 cm³/mol. The van der Waals surface area contributed by atoms with Crippen LogP contribution in [-0.2, 0) is 11.3 Å². The van der Waals surface area contributed by atoms with Crippen molar-refractivity contribution in [1.29, 1.82) is 0 Å². The van der Waals surface area contributed by atoms with E-state index in [0.717, 1.165) is 25.6 Å². The molecule has 2 N–H and O–H groups in total. The van der Waals surface area contributed by atoms with E-state index in [2.05, 4.69) is 22.5 Å². The van der Waals surface area contributed by atoms with E-state index in [1.165, 1.54) is 36.6 Å². The summed E-state index contributed by atoms with van der Waals surface area (Å²) < 4.78 is 13.6. The molecule has 28 heavy (non-hydrogen) atoms. The van der Waals surface area contributed by atoms with Gasteiger partial charge in [-0.15, -0.1) is 0 Å². The zero-order chi connectivity index (χ0) is 19.9. The van der Waals surface area contributed by atoms with Crippen molar-refractivity contribution in [2.75, 3.05) is 25.0 Å². The lowest BCUT2D eigenvalue weighted by molar-refractivity contribution is -0.115. The molecule has 5 nitrogen and oxygen atoms in total. The predicted octanol–water partition coefficient (Wildman–Crippen LogP) is 3.43. The van der Waals surface area contributed by atoms with Gasteiger partial charge in [0.25, 0.3) is 5.91 Å². The molecule has 0 radical (unpaired) electrons. The minimum atomic E-state index is -0.612. The van der Waals surface area contributed by atoms with Gasteiger partial charge in [-0.2, -0.15) is 0 Å². The summed E-state index contributed by atoms with van der Waals surface area (Å²) in [6.45, 7) is 5.23. The van der Waals surface area contributed by atoms with Gasteiger partial charge in [-0.25, -0.2) is 4.39 Å². The Bertz CT molecular complexity index is 823. The molecule has 1 aliphatic heterocycles. The number of hydrogen-bond donors (Lipinski definition) is 2. The van der Waals surface area contributed by atoms with Crippen LogP contribution in [0.3, 0.4) is 0 Å². The lowest BCUT2D eigenvalue weighted by Crippen LogP contribution is -2.33. The first-order valence-corrected chi connectivity index (χ1v) is 9.65. The van der Waals surface area contributed by atoms with Crippen molar-refractivity contribution < 1.29 is 14.0 Å². The number of halogens is 1. The molecule has 2 aromatic carbocycles. The number of amides is 2. The molecule has 2 amide bonds. The van der Waals surface area contributed by atoms with Crippen LogP contribution in [0.2, 0.25) is 0 Å². The highest BCUT2D eigenvalue weighted by molar-refractivity contribution is 5.99. The van der Waals surface area contributed by atoms with E-state index < -0.39 is 11.7 Å². The molecule has 1 saturated heterocycles. The quantitative estimate of drug-likeness (QED) is 0.803. The van der Waals surface area contributed by atoms with Crippen molar-refractivity contribution in [3.8, 4) is 0 Å². The highest BCUT2D eigenvalue weighted by Crippen LogP contribution is 2.18. The number of benzene rings is 2. The topological polar surface area (TPSA) is 61.4 Å². The lowest BCUT2D eigenvalue weighted by Gasteiger charge is -2.30. The molecular formula is C22H26FN3O2. The third kappa shape index (κ3) is 5.63. The van der Waals surface area contributed by atoms with Crippen molar-refractivity contribution in [2.45, 2.75) is 26.3 Å². The molecule has 6 heteroatoms. The van der Waals surface area contributed by atoms with Crippen LogP contribution in [0.1, 0.15) is 35.7 Å². The van der Waals surface area contributed by atoms with Crippen LogP contribution in [0, 0.1) is 11.7 Å². The molecule has 1 heterocycles. The fourth-order valence-electron chi connectivity index (χ4n) is 3.49. The van der Waals surface area contributed by atoms with Gasteiger partial charge in [-0.1, -0.05) is 31.2 Å². The maximum atomic E-state index is 13.6. The summed E-state index contributed by atoms with van der Waals surface area (Å²) in [5.74, 6) is -0.840. The van der Waals surface area contributed by atoms with Crippen LogP contribution in [0.25, 0.3) is 0 Å². The standard InChI is InChI=1S/C22H26FN3O2/c1-16-5-4-12-26(14-16)15-17-8-10-18(11-9-17)25-21(27)13-24-22(28)19-6-2-3-7-20(19)23/h2-3,6-11,16H,4-5,12-15H2,1H3,(H,24,28)(H,25,27). The first-order valence-electron chi connectivity index (χ1n) is 9.65. The second kappa shape index (κ2) is 9.46. The number of rotatable bonds is 6. The number of carbonyl (C=O) groups is 2. The van der Waals surface area contributed by atoms with E-state index in [-0.39, 0.29) is 18.0 Å². The summed E-state index contributed by atoms with van der Waals surface area (Å²) in [6.07, 6.45) is 2.54. The van der Waals surface area contributed by atoms with E-state index in [0.29, 0.717) is 5.69 Å². The fourth-order valence-corrected chi connectivity index (χ4v) is 3.49. The van der Waals surface area contributed by atoms with E-state index in [1.54, 1.807) is 6.07 Å². The number of piperidine rings is 1. The minimum absolute atomic E-state index is 0.0771. The summed E-state index contributed by atoms with van der Waals surface area (Å²) in [7, 11) is 0. The Morgan fingerprint density at radius 1 is 1.14 bits per heavy atom. The van der Waals surface area contributed by atoms with Gasteiger partial charge in [-0.3, -0.25) is 14.5 Å². The molecule has 0 aliphatic carbocycles. The number of anilines is 1. The number of nitrogens with zero attached hydrogens (tertiary/aromatic N) is 1. The molecule has 1 atom stereocenters. The van der Waals surface area contributed by atoms with Crippen LogP contribution >= 0.6 is 0 Å². The Morgan fingerprint density at radius 2 is 1.89 bits per heavy atom. The number of likely N-dealkylation sites (tertiary alicyclic amines) is 1. The summed E-state index contributed by atoms with van der Waals surface area (Å²) >= 11 is 0. The van der Waals surface area contributed by atoms with Gasteiger partial charge < -0.3 is 10.6 Å². The summed E-state index contributed by atoms with van der Waals surface area (Å²) in [5.41, 5.74) is 1.80. The smallest absolute Gasteiger partial charge is 0.254 e. The zero-order valence-corrected chi connectivity index (χ0v) is 16.1. The van der Waals surface area contributed by atoms with Gasteiger partial charge in [0.2, 0.25) is 5.91 Å². The minimum Gasteiger partial charge on any atom is -0.343 e. The number of hydrogen-bond acceptors (Lipinski definition) is 3. The van der Waals surface area contributed by atoms with Gasteiger partial charge in [0.15, 0.2) is 0 Å². The van der Waals surface area contributed by atoms with Crippen LogP contribution in [0.4, 0.5) is 10.1 Å². The van der Waals surface area contributed by atoms with Gasteiger partial charge in [0, 0.05) is 18.8 Å².